The number of aryl methyl sites for hydroxylation is 1. The summed E-state index contributed by atoms with van der Waals surface area (Å²) < 4.78 is 5.53. The van der Waals surface area contributed by atoms with Crippen LogP contribution in [0, 0.1) is 6.92 Å². The van der Waals surface area contributed by atoms with Crippen LogP contribution in [0.3, 0.4) is 0 Å². The Balaban J connectivity index is 1.98. The number of phenols is 1. The maximum atomic E-state index is 9.36. The van der Waals surface area contributed by atoms with Crippen LogP contribution in [0.25, 0.3) is 0 Å². The third-order valence-corrected chi connectivity index (χ3v) is 2.77. The van der Waals surface area contributed by atoms with Gasteiger partial charge in [-0.15, -0.1) is 0 Å². The van der Waals surface area contributed by atoms with Crippen molar-refractivity contribution in [3.63, 3.8) is 0 Å². The molecule has 0 fully saturated rings. The Morgan fingerprint density at radius 2 is 2.00 bits per heavy atom. The molecule has 18 heavy (non-hydrogen) atoms. The molecule has 0 amide bonds. The average Bonchev–Trinajstić information content (AvgIpc) is 2.69. The summed E-state index contributed by atoms with van der Waals surface area (Å²) in [4.78, 5) is 2.13. The standard InChI is InChI=1S/C14H18N2O2/c1-10-3-5-12(18-10)9-16(2)8-11-4-6-14(17)13(15)7-11/h3-7,17H,8-9,15H2,1-2H3. The molecular weight excluding hydrogens is 228 g/mol. The number of aromatic hydroxyl groups is 1. The van der Waals surface area contributed by atoms with Crippen LogP contribution < -0.4 is 5.73 Å². The van der Waals surface area contributed by atoms with Crippen LogP contribution in [0.4, 0.5) is 5.69 Å². The van der Waals surface area contributed by atoms with Gasteiger partial charge in [-0.25, -0.2) is 0 Å². The van der Waals surface area contributed by atoms with Crippen molar-refractivity contribution in [1.82, 2.24) is 4.90 Å². The van der Waals surface area contributed by atoms with E-state index in [0.717, 1.165) is 30.2 Å². The highest BCUT2D eigenvalue weighted by Crippen LogP contribution is 2.21. The fourth-order valence-electron chi connectivity index (χ4n) is 1.91. The van der Waals surface area contributed by atoms with Crippen molar-refractivity contribution in [2.45, 2.75) is 20.0 Å². The van der Waals surface area contributed by atoms with E-state index in [0.29, 0.717) is 5.69 Å². The van der Waals surface area contributed by atoms with Crippen LogP contribution in [-0.4, -0.2) is 17.1 Å². The zero-order valence-electron chi connectivity index (χ0n) is 10.7. The van der Waals surface area contributed by atoms with Gasteiger partial charge in [-0.2, -0.15) is 0 Å². The molecule has 3 N–H and O–H groups in total. The van der Waals surface area contributed by atoms with Gasteiger partial charge < -0.3 is 15.3 Å². The second kappa shape index (κ2) is 5.14. The zero-order valence-corrected chi connectivity index (χ0v) is 10.7. The molecule has 0 aliphatic heterocycles. The van der Waals surface area contributed by atoms with Crippen LogP contribution in [-0.2, 0) is 13.1 Å². The van der Waals surface area contributed by atoms with E-state index in [1.165, 1.54) is 0 Å². The minimum absolute atomic E-state index is 0.128. The Morgan fingerprint density at radius 1 is 1.22 bits per heavy atom. The molecule has 0 aliphatic carbocycles. The van der Waals surface area contributed by atoms with Crippen molar-refractivity contribution in [3.05, 3.63) is 47.4 Å². The smallest absolute Gasteiger partial charge is 0.138 e. The van der Waals surface area contributed by atoms with Gasteiger partial charge >= 0.3 is 0 Å². The number of furan rings is 1. The van der Waals surface area contributed by atoms with E-state index < -0.39 is 0 Å². The van der Waals surface area contributed by atoms with Gasteiger partial charge in [-0.3, -0.25) is 4.90 Å². The third-order valence-electron chi connectivity index (χ3n) is 2.77. The van der Waals surface area contributed by atoms with Crippen molar-refractivity contribution >= 4 is 5.69 Å². The second-order valence-electron chi connectivity index (χ2n) is 4.58. The molecular formula is C14H18N2O2. The highest BCUT2D eigenvalue weighted by molar-refractivity contribution is 5.53. The molecule has 96 valence electrons. The lowest BCUT2D eigenvalue weighted by molar-refractivity contribution is 0.285. The first-order valence-electron chi connectivity index (χ1n) is 5.86. The maximum Gasteiger partial charge on any atom is 0.138 e. The van der Waals surface area contributed by atoms with Crippen LogP contribution >= 0.6 is 0 Å². The van der Waals surface area contributed by atoms with Crippen molar-refractivity contribution in [2.75, 3.05) is 12.8 Å². The predicted octanol–water partition coefficient (Wildman–Crippen LogP) is 2.51. The van der Waals surface area contributed by atoms with Gasteiger partial charge in [-0.05, 0) is 43.8 Å². The molecule has 0 bridgehead atoms. The Morgan fingerprint density at radius 3 is 2.61 bits per heavy atom. The molecule has 2 aromatic rings. The van der Waals surface area contributed by atoms with E-state index in [9.17, 15) is 5.11 Å². The summed E-state index contributed by atoms with van der Waals surface area (Å²) in [5.74, 6) is 2.00. The minimum Gasteiger partial charge on any atom is -0.506 e. The van der Waals surface area contributed by atoms with Gasteiger partial charge in [0, 0.05) is 6.54 Å². The van der Waals surface area contributed by atoms with Crippen molar-refractivity contribution < 1.29 is 9.52 Å². The van der Waals surface area contributed by atoms with Crippen LogP contribution in [0.2, 0.25) is 0 Å². The normalized spacial score (nSPS) is 11.1. The number of nitrogen functional groups attached to an aromatic ring is 1. The lowest BCUT2D eigenvalue weighted by Crippen LogP contribution is -2.16. The summed E-state index contributed by atoms with van der Waals surface area (Å²) in [6, 6.07) is 9.23. The van der Waals surface area contributed by atoms with Crippen LogP contribution in [0.5, 0.6) is 5.75 Å². The van der Waals surface area contributed by atoms with Gasteiger partial charge in [0.15, 0.2) is 0 Å². The Bertz CT molecular complexity index is 534. The number of hydrogen-bond donors (Lipinski definition) is 2. The van der Waals surface area contributed by atoms with Crippen molar-refractivity contribution in [2.24, 2.45) is 0 Å². The van der Waals surface area contributed by atoms with Gasteiger partial charge in [-0.1, -0.05) is 6.07 Å². The number of hydrogen-bond acceptors (Lipinski definition) is 4. The van der Waals surface area contributed by atoms with E-state index >= 15 is 0 Å². The summed E-state index contributed by atoms with van der Waals surface area (Å²) in [7, 11) is 2.01. The Hall–Kier alpha value is -1.94. The lowest BCUT2D eigenvalue weighted by Gasteiger charge is -2.15. The molecule has 4 nitrogen and oxygen atoms in total. The number of benzene rings is 1. The van der Waals surface area contributed by atoms with Gasteiger partial charge in [0.05, 0.1) is 12.2 Å². The monoisotopic (exact) mass is 246 g/mol. The second-order valence-corrected chi connectivity index (χ2v) is 4.58. The first-order chi connectivity index (χ1) is 8.54. The zero-order chi connectivity index (χ0) is 13.1. The number of nitrogens with two attached hydrogens (primary N) is 1. The molecule has 0 atom stereocenters. The predicted molar refractivity (Wildman–Crippen MR) is 71.1 cm³/mol. The number of rotatable bonds is 4. The molecule has 0 saturated carbocycles. The first kappa shape index (κ1) is 12.5. The number of phenolic OH excluding ortho intramolecular Hbond substituents is 1. The summed E-state index contributed by atoms with van der Waals surface area (Å²) in [5.41, 5.74) is 7.14. The summed E-state index contributed by atoms with van der Waals surface area (Å²) >= 11 is 0. The van der Waals surface area contributed by atoms with E-state index in [2.05, 4.69) is 4.90 Å². The van der Waals surface area contributed by atoms with Gasteiger partial charge in [0.25, 0.3) is 0 Å². The average molecular weight is 246 g/mol. The van der Waals surface area contributed by atoms with Gasteiger partial charge in [0.2, 0.25) is 0 Å². The molecule has 1 heterocycles. The highest BCUT2D eigenvalue weighted by atomic mass is 16.3. The molecule has 0 spiro atoms. The number of nitrogens with zero attached hydrogens (tertiary/aromatic N) is 1. The lowest BCUT2D eigenvalue weighted by atomic mass is 10.2. The minimum atomic E-state index is 0.128. The van der Waals surface area contributed by atoms with Crippen molar-refractivity contribution in [1.29, 1.82) is 0 Å². The summed E-state index contributed by atoms with van der Waals surface area (Å²) in [5, 5.41) is 9.36. The quantitative estimate of drug-likeness (QED) is 0.642. The molecule has 0 saturated heterocycles. The van der Waals surface area contributed by atoms with E-state index in [1.807, 2.05) is 32.2 Å². The fraction of sp³-hybridized carbons (Fsp3) is 0.286. The summed E-state index contributed by atoms with van der Waals surface area (Å²) in [6.07, 6.45) is 0. The van der Waals surface area contributed by atoms with E-state index in [4.69, 9.17) is 10.2 Å². The van der Waals surface area contributed by atoms with E-state index in [1.54, 1.807) is 12.1 Å². The molecule has 1 aromatic carbocycles. The van der Waals surface area contributed by atoms with Crippen LogP contribution in [0.1, 0.15) is 17.1 Å². The fourth-order valence-corrected chi connectivity index (χ4v) is 1.91. The van der Waals surface area contributed by atoms with E-state index in [-0.39, 0.29) is 5.75 Å². The Labute approximate surface area is 107 Å². The molecule has 2 rings (SSSR count). The molecule has 0 unspecified atom stereocenters. The largest absolute Gasteiger partial charge is 0.506 e. The molecule has 0 aliphatic rings. The number of anilines is 1. The van der Waals surface area contributed by atoms with Crippen molar-refractivity contribution in [3.8, 4) is 5.75 Å². The Kier molecular flexibility index (Phi) is 3.58. The maximum absolute atomic E-state index is 9.36. The van der Waals surface area contributed by atoms with Gasteiger partial charge in [0.1, 0.15) is 17.3 Å². The molecule has 0 radical (unpaired) electrons. The topological polar surface area (TPSA) is 62.6 Å². The molecule has 4 heteroatoms. The third kappa shape index (κ3) is 3.05. The first-order valence-corrected chi connectivity index (χ1v) is 5.86. The van der Waals surface area contributed by atoms with Crippen LogP contribution in [0.15, 0.2) is 34.7 Å². The SMILES string of the molecule is Cc1ccc(CN(C)Cc2ccc(O)c(N)c2)o1. The summed E-state index contributed by atoms with van der Waals surface area (Å²) in [6.45, 7) is 3.43. The highest BCUT2D eigenvalue weighted by Gasteiger charge is 2.06. The molecule has 1 aromatic heterocycles.